The van der Waals surface area contributed by atoms with Gasteiger partial charge in [0.2, 0.25) is 0 Å². The van der Waals surface area contributed by atoms with E-state index in [9.17, 15) is 5.11 Å². The van der Waals surface area contributed by atoms with Gasteiger partial charge in [-0.05, 0) is 13.0 Å². The number of imidazole rings is 1. The van der Waals surface area contributed by atoms with E-state index in [4.69, 9.17) is 10.5 Å². The minimum absolute atomic E-state index is 0.376. The maximum absolute atomic E-state index is 9.35. The number of nitrogens with zero attached hydrogens (tertiary/aromatic N) is 3. The SMILES string of the molecule is COCc1cc(C)n2cnc(C(N)O)c2n1. The summed E-state index contributed by atoms with van der Waals surface area (Å²) >= 11 is 0. The highest BCUT2D eigenvalue weighted by atomic mass is 16.5. The zero-order valence-corrected chi connectivity index (χ0v) is 9.21. The number of methoxy groups -OCH3 is 1. The van der Waals surface area contributed by atoms with Crippen LogP contribution in [0.4, 0.5) is 0 Å². The normalized spacial score (nSPS) is 13.2. The summed E-state index contributed by atoms with van der Waals surface area (Å²) in [7, 11) is 1.61. The highest BCUT2D eigenvalue weighted by Crippen LogP contribution is 2.15. The highest BCUT2D eigenvalue weighted by molar-refractivity contribution is 5.47. The van der Waals surface area contributed by atoms with Crippen LogP contribution >= 0.6 is 0 Å². The molecule has 2 aromatic rings. The number of aliphatic hydroxyl groups is 1. The fourth-order valence-electron chi connectivity index (χ4n) is 1.63. The van der Waals surface area contributed by atoms with Gasteiger partial charge in [-0.1, -0.05) is 0 Å². The molecule has 0 spiro atoms. The lowest BCUT2D eigenvalue weighted by molar-refractivity contribution is 0.180. The van der Waals surface area contributed by atoms with E-state index in [2.05, 4.69) is 9.97 Å². The zero-order chi connectivity index (χ0) is 11.7. The summed E-state index contributed by atoms with van der Waals surface area (Å²) in [5.41, 5.74) is 8.11. The fourth-order valence-corrected chi connectivity index (χ4v) is 1.63. The van der Waals surface area contributed by atoms with Gasteiger partial charge in [0.15, 0.2) is 5.65 Å². The van der Waals surface area contributed by atoms with Gasteiger partial charge in [0.25, 0.3) is 0 Å². The van der Waals surface area contributed by atoms with Gasteiger partial charge >= 0.3 is 0 Å². The maximum atomic E-state index is 9.35. The van der Waals surface area contributed by atoms with Crippen LogP contribution in [0.2, 0.25) is 0 Å². The number of aromatic nitrogens is 3. The fraction of sp³-hybridized carbons (Fsp3) is 0.400. The Morgan fingerprint density at radius 2 is 2.38 bits per heavy atom. The number of aliphatic hydroxyl groups excluding tert-OH is 1. The minimum atomic E-state index is -1.12. The molecule has 6 nitrogen and oxygen atoms in total. The Morgan fingerprint density at radius 3 is 3.00 bits per heavy atom. The van der Waals surface area contributed by atoms with E-state index >= 15 is 0 Å². The summed E-state index contributed by atoms with van der Waals surface area (Å²) in [6.45, 7) is 2.35. The first kappa shape index (κ1) is 11.0. The largest absolute Gasteiger partial charge is 0.378 e. The van der Waals surface area contributed by atoms with Crippen LogP contribution in [-0.4, -0.2) is 26.6 Å². The Kier molecular flexibility index (Phi) is 2.86. The van der Waals surface area contributed by atoms with E-state index in [-0.39, 0.29) is 0 Å². The molecular formula is C10H14N4O2. The molecule has 0 amide bonds. The molecule has 0 fully saturated rings. The van der Waals surface area contributed by atoms with Crippen molar-refractivity contribution in [1.82, 2.24) is 14.4 Å². The Hall–Kier alpha value is -1.50. The van der Waals surface area contributed by atoms with Crippen molar-refractivity contribution < 1.29 is 9.84 Å². The molecule has 0 bridgehead atoms. The topological polar surface area (TPSA) is 85.7 Å². The standard InChI is InChI=1S/C10H14N4O2/c1-6-3-7(4-16-2)13-10-8(9(11)15)12-5-14(6)10/h3,5,9,15H,4,11H2,1-2H3. The quantitative estimate of drug-likeness (QED) is 0.721. The van der Waals surface area contributed by atoms with Gasteiger partial charge in [-0.25, -0.2) is 9.97 Å². The van der Waals surface area contributed by atoms with Crippen molar-refractivity contribution in [2.45, 2.75) is 19.8 Å². The molecule has 2 heterocycles. The summed E-state index contributed by atoms with van der Waals surface area (Å²) in [4.78, 5) is 8.38. The first-order valence-corrected chi connectivity index (χ1v) is 4.89. The molecule has 6 heteroatoms. The lowest BCUT2D eigenvalue weighted by atomic mass is 10.3. The minimum Gasteiger partial charge on any atom is -0.378 e. The third kappa shape index (κ3) is 1.78. The Bertz CT molecular complexity index is 507. The van der Waals surface area contributed by atoms with Gasteiger partial charge in [0.1, 0.15) is 18.2 Å². The third-order valence-corrected chi connectivity index (χ3v) is 2.35. The van der Waals surface area contributed by atoms with E-state index in [0.717, 1.165) is 11.4 Å². The second-order valence-corrected chi connectivity index (χ2v) is 3.59. The van der Waals surface area contributed by atoms with Crippen LogP contribution in [0.5, 0.6) is 0 Å². The molecular weight excluding hydrogens is 208 g/mol. The average Bonchev–Trinajstić information content (AvgIpc) is 2.62. The lowest BCUT2D eigenvalue weighted by Crippen LogP contribution is -2.10. The third-order valence-electron chi connectivity index (χ3n) is 2.35. The molecule has 0 saturated carbocycles. The van der Waals surface area contributed by atoms with Gasteiger partial charge in [0.05, 0.1) is 12.3 Å². The van der Waals surface area contributed by atoms with Crippen LogP contribution in [0.1, 0.15) is 23.3 Å². The van der Waals surface area contributed by atoms with Gasteiger partial charge in [0, 0.05) is 12.8 Å². The number of fused-ring (bicyclic) bond motifs is 1. The Morgan fingerprint density at radius 1 is 1.62 bits per heavy atom. The molecule has 0 aliphatic rings. The van der Waals surface area contributed by atoms with Crippen molar-refractivity contribution in [3.63, 3.8) is 0 Å². The zero-order valence-electron chi connectivity index (χ0n) is 9.21. The predicted octanol–water partition coefficient (Wildman–Crippen LogP) is 0.134. The molecule has 1 atom stereocenters. The number of aryl methyl sites for hydroxylation is 1. The number of hydrogen-bond acceptors (Lipinski definition) is 5. The van der Waals surface area contributed by atoms with Crippen LogP contribution in [0.25, 0.3) is 5.65 Å². The number of ether oxygens (including phenoxy) is 1. The van der Waals surface area contributed by atoms with Gasteiger partial charge in [-0.15, -0.1) is 0 Å². The highest BCUT2D eigenvalue weighted by Gasteiger charge is 2.13. The Labute approximate surface area is 92.7 Å². The summed E-state index contributed by atoms with van der Waals surface area (Å²) in [5, 5.41) is 9.35. The van der Waals surface area contributed by atoms with Crippen molar-refractivity contribution in [2.75, 3.05) is 7.11 Å². The molecule has 2 aromatic heterocycles. The molecule has 16 heavy (non-hydrogen) atoms. The molecule has 0 aliphatic heterocycles. The van der Waals surface area contributed by atoms with Crippen molar-refractivity contribution >= 4 is 5.65 Å². The van der Waals surface area contributed by atoms with E-state index < -0.39 is 6.23 Å². The van der Waals surface area contributed by atoms with Crippen LogP contribution in [-0.2, 0) is 11.3 Å². The second-order valence-electron chi connectivity index (χ2n) is 3.59. The Balaban J connectivity index is 2.61. The van der Waals surface area contributed by atoms with Gasteiger partial charge < -0.3 is 15.6 Å². The molecule has 0 aliphatic carbocycles. The molecule has 2 rings (SSSR count). The predicted molar refractivity (Wildman–Crippen MR) is 57.6 cm³/mol. The van der Waals surface area contributed by atoms with E-state index in [1.54, 1.807) is 17.8 Å². The maximum Gasteiger partial charge on any atom is 0.164 e. The molecule has 0 radical (unpaired) electrons. The molecule has 0 aromatic carbocycles. The number of rotatable bonds is 3. The first-order valence-electron chi connectivity index (χ1n) is 4.89. The van der Waals surface area contributed by atoms with Gasteiger partial charge in [-0.2, -0.15) is 0 Å². The monoisotopic (exact) mass is 222 g/mol. The average molecular weight is 222 g/mol. The van der Waals surface area contributed by atoms with E-state index in [1.807, 2.05) is 13.0 Å². The van der Waals surface area contributed by atoms with Crippen molar-refractivity contribution in [2.24, 2.45) is 5.73 Å². The molecule has 3 N–H and O–H groups in total. The second kappa shape index (κ2) is 4.17. The van der Waals surface area contributed by atoms with Crippen molar-refractivity contribution in [3.05, 3.63) is 29.5 Å². The van der Waals surface area contributed by atoms with E-state index in [0.29, 0.717) is 17.9 Å². The smallest absolute Gasteiger partial charge is 0.164 e. The molecule has 0 saturated heterocycles. The number of hydrogen-bond donors (Lipinski definition) is 2. The van der Waals surface area contributed by atoms with Crippen molar-refractivity contribution in [3.8, 4) is 0 Å². The molecule has 1 unspecified atom stereocenters. The van der Waals surface area contributed by atoms with E-state index in [1.165, 1.54) is 0 Å². The summed E-state index contributed by atoms with van der Waals surface area (Å²) < 4.78 is 6.81. The van der Waals surface area contributed by atoms with Crippen LogP contribution < -0.4 is 5.73 Å². The van der Waals surface area contributed by atoms with Crippen LogP contribution in [0.15, 0.2) is 12.4 Å². The summed E-state index contributed by atoms with van der Waals surface area (Å²) in [6, 6.07) is 1.91. The lowest BCUT2D eigenvalue weighted by Gasteiger charge is -2.06. The summed E-state index contributed by atoms with van der Waals surface area (Å²) in [6.07, 6.45) is 0.481. The first-order chi connectivity index (χ1) is 7.63. The molecule has 86 valence electrons. The van der Waals surface area contributed by atoms with Crippen LogP contribution in [0, 0.1) is 6.92 Å². The van der Waals surface area contributed by atoms with Crippen LogP contribution in [0.3, 0.4) is 0 Å². The summed E-state index contributed by atoms with van der Waals surface area (Å²) in [5.74, 6) is 0. The van der Waals surface area contributed by atoms with Gasteiger partial charge in [-0.3, -0.25) is 4.40 Å². The van der Waals surface area contributed by atoms with Crippen molar-refractivity contribution in [1.29, 1.82) is 0 Å². The number of nitrogens with two attached hydrogens (primary N) is 1.